The zero-order valence-corrected chi connectivity index (χ0v) is 10.2. The molecule has 1 aromatic heterocycles. The molecule has 0 radical (unpaired) electrons. The fourth-order valence-corrected chi connectivity index (χ4v) is 1.57. The highest BCUT2D eigenvalue weighted by molar-refractivity contribution is 6.04. The van der Waals surface area contributed by atoms with Crippen molar-refractivity contribution in [3.05, 3.63) is 52.3 Å². The smallest absolute Gasteiger partial charge is 0.270 e. The highest BCUT2D eigenvalue weighted by atomic mass is 16.6. The van der Waals surface area contributed by atoms with Crippen LogP contribution in [0.2, 0.25) is 0 Å². The number of carbonyl (C=O) groups excluding carboxylic acids is 1. The number of non-ortho nitro benzene ring substituents is 1. The number of hydrogen-bond acceptors (Lipinski definition) is 4. The van der Waals surface area contributed by atoms with E-state index in [9.17, 15) is 14.9 Å². The van der Waals surface area contributed by atoms with E-state index in [1.54, 1.807) is 10.9 Å². The van der Waals surface area contributed by atoms with Gasteiger partial charge in [0.1, 0.15) is 0 Å². The van der Waals surface area contributed by atoms with Crippen molar-refractivity contribution >= 4 is 17.3 Å². The van der Waals surface area contributed by atoms with E-state index >= 15 is 0 Å². The summed E-state index contributed by atoms with van der Waals surface area (Å²) in [4.78, 5) is 22.0. The van der Waals surface area contributed by atoms with Gasteiger partial charge in [-0.25, -0.2) is 0 Å². The number of aryl methyl sites for hydroxylation is 1. The number of rotatable bonds is 4. The van der Waals surface area contributed by atoms with E-state index in [-0.39, 0.29) is 11.3 Å². The van der Waals surface area contributed by atoms with Gasteiger partial charge in [-0.05, 0) is 13.0 Å². The molecule has 7 heteroatoms. The maximum Gasteiger partial charge on any atom is 0.270 e. The van der Waals surface area contributed by atoms with E-state index in [1.165, 1.54) is 30.5 Å². The molecule has 0 saturated carbocycles. The number of benzene rings is 1. The van der Waals surface area contributed by atoms with Gasteiger partial charge in [0.15, 0.2) is 0 Å². The third-order valence-electron chi connectivity index (χ3n) is 2.53. The minimum atomic E-state index is -0.536. The highest BCUT2D eigenvalue weighted by Crippen LogP contribution is 2.14. The van der Waals surface area contributed by atoms with E-state index in [2.05, 4.69) is 10.4 Å². The molecular formula is C12H12N4O3. The second-order valence-electron chi connectivity index (χ2n) is 3.85. The molecule has 2 rings (SSSR count). The predicted molar refractivity (Wildman–Crippen MR) is 69.0 cm³/mol. The number of nitrogens with one attached hydrogen (secondary N) is 1. The molecule has 7 nitrogen and oxygen atoms in total. The summed E-state index contributed by atoms with van der Waals surface area (Å²) in [6, 6.07) is 5.57. The first-order valence-electron chi connectivity index (χ1n) is 5.68. The standard InChI is InChI=1S/C12H12N4O3/c1-2-15-8-10(7-13-15)14-12(17)9-4-3-5-11(6-9)16(18)19/h3-8H,2H2,1H3,(H,14,17). The molecule has 1 N–H and O–H groups in total. The minimum Gasteiger partial charge on any atom is -0.319 e. The number of carbonyl (C=O) groups is 1. The maximum absolute atomic E-state index is 11.9. The Hall–Kier alpha value is -2.70. The number of hydrogen-bond donors (Lipinski definition) is 1. The Kier molecular flexibility index (Phi) is 3.56. The van der Waals surface area contributed by atoms with E-state index < -0.39 is 10.8 Å². The van der Waals surface area contributed by atoms with E-state index in [4.69, 9.17) is 0 Å². The van der Waals surface area contributed by atoms with Crippen molar-refractivity contribution in [2.45, 2.75) is 13.5 Å². The first kappa shape index (κ1) is 12.7. The van der Waals surface area contributed by atoms with Gasteiger partial charge in [-0.3, -0.25) is 19.6 Å². The second-order valence-corrected chi connectivity index (χ2v) is 3.85. The molecular weight excluding hydrogens is 248 g/mol. The van der Waals surface area contributed by atoms with Gasteiger partial charge in [0.05, 0.1) is 16.8 Å². The molecule has 0 saturated heterocycles. The highest BCUT2D eigenvalue weighted by Gasteiger charge is 2.12. The molecule has 0 atom stereocenters. The topological polar surface area (TPSA) is 90.1 Å². The molecule has 1 aromatic carbocycles. The van der Waals surface area contributed by atoms with Crippen LogP contribution in [0.5, 0.6) is 0 Å². The van der Waals surface area contributed by atoms with Gasteiger partial charge in [0.2, 0.25) is 0 Å². The summed E-state index contributed by atoms with van der Waals surface area (Å²) in [7, 11) is 0. The quantitative estimate of drug-likeness (QED) is 0.673. The van der Waals surface area contributed by atoms with Crippen LogP contribution in [0.15, 0.2) is 36.7 Å². The summed E-state index contributed by atoms with van der Waals surface area (Å²) in [6.07, 6.45) is 3.22. The number of aromatic nitrogens is 2. The van der Waals surface area contributed by atoms with E-state index in [0.717, 1.165) is 0 Å². The molecule has 1 heterocycles. The molecule has 0 aliphatic rings. The minimum absolute atomic E-state index is 0.114. The summed E-state index contributed by atoms with van der Waals surface area (Å²) in [5.74, 6) is -0.403. The Bertz CT molecular complexity index is 621. The van der Waals surface area contributed by atoms with Crippen LogP contribution < -0.4 is 5.32 Å². The van der Waals surface area contributed by atoms with Crippen LogP contribution in [0.4, 0.5) is 11.4 Å². The van der Waals surface area contributed by atoms with Crippen molar-refractivity contribution in [2.24, 2.45) is 0 Å². The number of amides is 1. The number of anilines is 1. The molecule has 0 unspecified atom stereocenters. The molecule has 0 aliphatic carbocycles. The molecule has 98 valence electrons. The van der Waals surface area contributed by atoms with Gasteiger partial charge in [0, 0.05) is 30.4 Å². The van der Waals surface area contributed by atoms with Crippen molar-refractivity contribution in [3.8, 4) is 0 Å². The molecule has 19 heavy (non-hydrogen) atoms. The summed E-state index contributed by atoms with van der Waals surface area (Å²) in [6.45, 7) is 2.63. The summed E-state index contributed by atoms with van der Waals surface area (Å²) in [5, 5.41) is 17.3. The lowest BCUT2D eigenvalue weighted by Gasteiger charge is -2.02. The van der Waals surface area contributed by atoms with Gasteiger partial charge >= 0.3 is 0 Å². The fourth-order valence-electron chi connectivity index (χ4n) is 1.57. The van der Waals surface area contributed by atoms with Crippen LogP contribution in [0.3, 0.4) is 0 Å². The van der Waals surface area contributed by atoms with Crippen molar-refractivity contribution in [1.29, 1.82) is 0 Å². The first-order chi connectivity index (χ1) is 9.10. The third kappa shape index (κ3) is 2.95. The van der Waals surface area contributed by atoms with Crippen LogP contribution in [0, 0.1) is 10.1 Å². The van der Waals surface area contributed by atoms with Gasteiger partial charge in [-0.15, -0.1) is 0 Å². The van der Waals surface area contributed by atoms with E-state index in [0.29, 0.717) is 12.2 Å². The van der Waals surface area contributed by atoms with Gasteiger partial charge in [-0.2, -0.15) is 5.10 Å². The van der Waals surface area contributed by atoms with Gasteiger partial charge in [-0.1, -0.05) is 6.07 Å². The monoisotopic (exact) mass is 260 g/mol. The van der Waals surface area contributed by atoms with Crippen molar-refractivity contribution < 1.29 is 9.72 Å². The van der Waals surface area contributed by atoms with Crippen LogP contribution in [-0.4, -0.2) is 20.6 Å². The number of nitro benzene ring substituents is 1. The Labute approximate surface area is 109 Å². The summed E-state index contributed by atoms with van der Waals surface area (Å²) >= 11 is 0. The third-order valence-corrected chi connectivity index (χ3v) is 2.53. The van der Waals surface area contributed by atoms with Crippen molar-refractivity contribution in [2.75, 3.05) is 5.32 Å². The lowest BCUT2D eigenvalue weighted by atomic mass is 10.2. The average molecular weight is 260 g/mol. The molecule has 0 aliphatic heterocycles. The van der Waals surface area contributed by atoms with Crippen LogP contribution in [-0.2, 0) is 6.54 Å². The van der Waals surface area contributed by atoms with Gasteiger partial charge in [0.25, 0.3) is 11.6 Å². The average Bonchev–Trinajstić information content (AvgIpc) is 2.86. The first-order valence-corrected chi connectivity index (χ1v) is 5.68. The van der Waals surface area contributed by atoms with Crippen molar-refractivity contribution in [3.63, 3.8) is 0 Å². The Morgan fingerprint density at radius 3 is 2.95 bits per heavy atom. The number of nitrogens with zero attached hydrogens (tertiary/aromatic N) is 3. The lowest BCUT2D eigenvalue weighted by molar-refractivity contribution is -0.384. The van der Waals surface area contributed by atoms with Crippen LogP contribution in [0.25, 0.3) is 0 Å². The second kappa shape index (κ2) is 5.30. The SMILES string of the molecule is CCn1cc(NC(=O)c2cccc([N+](=O)[O-])c2)cn1. The molecule has 0 fully saturated rings. The Balaban J connectivity index is 2.15. The summed E-state index contributed by atoms with van der Waals surface area (Å²) < 4.78 is 1.67. The zero-order valence-electron chi connectivity index (χ0n) is 10.2. The normalized spacial score (nSPS) is 10.2. The van der Waals surface area contributed by atoms with Crippen LogP contribution in [0.1, 0.15) is 17.3 Å². The largest absolute Gasteiger partial charge is 0.319 e. The fraction of sp³-hybridized carbons (Fsp3) is 0.167. The zero-order chi connectivity index (χ0) is 13.8. The Morgan fingerprint density at radius 1 is 1.53 bits per heavy atom. The molecule has 2 aromatic rings. The Morgan fingerprint density at radius 2 is 2.32 bits per heavy atom. The molecule has 0 spiro atoms. The molecule has 0 bridgehead atoms. The summed E-state index contributed by atoms with van der Waals surface area (Å²) in [5.41, 5.74) is 0.675. The van der Waals surface area contributed by atoms with Crippen LogP contribution >= 0.6 is 0 Å². The van der Waals surface area contributed by atoms with Gasteiger partial charge < -0.3 is 5.32 Å². The molecule has 1 amide bonds. The maximum atomic E-state index is 11.9. The van der Waals surface area contributed by atoms with E-state index in [1.807, 2.05) is 6.92 Å². The predicted octanol–water partition coefficient (Wildman–Crippen LogP) is 2.06. The van der Waals surface area contributed by atoms with Crippen molar-refractivity contribution in [1.82, 2.24) is 9.78 Å². The lowest BCUT2D eigenvalue weighted by Crippen LogP contribution is -2.11. The number of nitro groups is 1.